The van der Waals surface area contributed by atoms with Gasteiger partial charge in [0.05, 0.1) is 0 Å². The largest absolute Gasteiger partial charge is 0.370 e. The molecule has 0 aromatic heterocycles. The molecule has 45 heavy (non-hydrogen) atoms. The number of amides is 7. The Hall–Kier alpha value is -2.72. The first-order valence-electron chi connectivity index (χ1n) is 14.8. The maximum atomic E-state index is 13.9. The van der Waals surface area contributed by atoms with Gasteiger partial charge in [0.1, 0.15) is 35.8 Å². The summed E-state index contributed by atoms with van der Waals surface area (Å²) in [4.78, 5) is 89.3. The smallest absolute Gasteiger partial charge is 0.252 e. The lowest BCUT2D eigenvalue weighted by Crippen LogP contribution is -2.60. The molecule has 0 aliphatic heterocycles. The van der Waals surface area contributed by atoms with Crippen molar-refractivity contribution in [2.75, 3.05) is 43.8 Å². The van der Waals surface area contributed by atoms with E-state index in [9.17, 15) is 33.6 Å². The van der Waals surface area contributed by atoms with Crippen molar-refractivity contribution < 1.29 is 33.6 Å². The Morgan fingerprint density at radius 2 is 1.20 bits per heavy atom. The molecule has 3 atom stereocenters. The minimum absolute atomic E-state index is 0.0605. The van der Waals surface area contributed by atoms with Gasteiger partial charge in [-0.3, -0.25) is 38.5 Å². The quantitative estimate of drug-likeness (QED) is 0.0452. The van der Waals surface area contributed by atoms with Crippen LogP contribution in [0, 0.1) is 0 Å². The van der Waals surface area contributed by atoms with Crippen LogP contribution in [0.2, 0.25) is 0 Å². The van der Waals surface area contributed by atoms with Gasteiger partial charge in [0.25, 0.3) is 5.91 Å². The summed E-state index contributed by atoms with van der Waals surface area (Å²) in [5, 5.41) is 10.3. The van der Waals surface area contributed by atoms with Crippen LogP contribution < -0.4 is 38.5 Å². The number of nitrogens with one attached hydrogen (secondary N) is 4. The molecule has 10 N–H and O–H groups in total. The van der Waals surface area contributed by atoms with E-state index in [1.54, 1.807) is 0 Å². The number of primary amides is 1. The highest BCUT2D eigenvalue weighted by atomic mass is 35.5. The van der Waals surface area contributed by atoms with E-state index in [-0.39, 0.29) is 51.1 Å². The zero-order chi connectivity index (χ0) is 34.2. The minimum atomic E-state index is -1.44. The molecule has 0 fully saturated rings. The Kier molecular flexibility index (Phi) is 23.9. The molecule has 0 radical (unpaired) electrons. The van der Waals surface area contributed by atoms with Gasteiger partial charge < -0.3 is 38.5 Å². The van der Waals surface area contributed by atoms with Gasteiger partial charge in [0.15, 0.2) is 0 Å². The summed E-state index contributed by atoms with van der Waals surface area (Å²) in [5.74, 6) is -6.21. The molecule has 0 aliphatic carbocycles. The van der Waals surface area contributed by atoms with Crippen LogP contribution >= 0.6 is 34.8 Å². The number of nitrogens with zero attached hydrogens (tertiary/aromatic N) is 1. The third kappa shape index (κ3) is 18.1. The summed E-state index contributed by atoms with van der Waals surface area (Å²) in [6, 6.07) is -3.75. The van der Waals surface area contributed by atoms with Crippen molar-refractivity contribution in [3.63, 3.8) is 0 Å². The van der Waals surface area contributed by atoms with Crippen LogP contribution in [0.15, 0.2) is 0 Å². The third-order valence-corrected chi connectivity index (χ3v) is 7.25. The third-order valence-electron chi connectivity index (χ3n) is 6.53. The maximum Gasteiger partial charge on any atom is 0.252 e. The van der Waals surface area contributed by atoms with E-state index >= 15 is 0 Å². The fourth-order valence-electron chi connectivity index (χ4n) is 4.24. The monoisotopic (exact) mass is 700 g/mol. The molecular formula is C27H47Cl3N8O7. The Bertz CT molecular complexity index is 977. The number of imide groups is 1. The predicted octanol–water partition coefficient (Wildman–Crippen LogP) is -1.07. The second-order valence-electron chi connectivity index (χ2n) is 10.1. The molecule has 0 aromatic rings. The van der Waals surface area contributed by atoms with Crippen molar-refractivity contribution >= 4 is 76.2 Å². The highest BCUT2D eigenvalue weighted by Gasteiger charge is 2.39. The van der Waals surface area contributed by atoms with Crippen LogP contribution in [0.25, 0.3) is 0 Å². The lowest BCUT2D eigenvalue weighted by molar-refractivity contribution is -0.153. The number of hydrogen-bond acceptors (Lipinski definition) is 9. The van der Waals surface area contributed by atoms with Crippen molar-refractivity contribution in [1.82, 2.24) is 26.2 Å². The average Bonchev–Trinajstić information content (AvgIpc) is 3.01. The van der Waals surface area contributed by atoms with E-state index in [0.29, 0.717) is 50.1 Å². The van der Waals surface area contributed by atoms with Gasteiger partial charge in [0.2, 0.25) is 35.4 Å². The normalized spacial score (nSPS) is 12.7. The van der Waals surface area contributed by atoms with Crippen molar-refractivity contribution in [2.24, 2.45) is 17.2 Å². The van der Waals surface area contributed by atoms with E-state index in [1.807, 2.05) is 0 Å². The molecule has 0 bridgehead atoms. The number of nitrogens with two attached hydrogens (primary N) is 3. The zero-order valence-electron chi connectivity index (χ0n) is 25.4. The van der Waals surface area contributed by atoms with Crippen molar-refractivity contribution in [3.05, 3.63) is 0 Å². The van der Waals surface area contributed by atoms with Gasteiger partial charge in [-0.15, -0.1) is 34.8 Å². The first-order valence-corrected chi connectivity index (χ1v) is 16.4. The average molecular weight is 702 g/mol. The van der Waals surface area contributed by atoms with Gasteiger partial charge in [0, 0.05) is 19.5 Å². The Morgan fingerprint density at radius 1 is 0.622 bits per heavy atom. The molecule has 0 heterocycles. The number of rotatable bonds is 25. The van der Waals surface area contributed by atoms with Crippen molar-refractivity contribution in [1.29, 1.82) is 0 Å². The molecule has 7 amide bonds. The second-order valence-corrected chi connectivity index (χ2v) is 10.9. The van der Waals surface area contributed by atoms with Crippen molar-refractivity contribution in [2.45, 2.75) is 82.3 Å². The number of unbranched alkanes of at least 4 members (excludes halogenated alkanes) is 3. The van der Waals surface area contributed by atoms with Crippen LogP contribution in [0.1, 0.15) is 64.2 Å². The molecule has 0 rings (SSSR count). The van der Waals surface area contributed by atoms with E-state index in [1.165, 1.54) is 0 Å². The van der Waals surface area contributed by atoms with E-state index in [2.05, 4.69) is 21.3 Å². The molecule has 0 saturated carbocycles. The molecule has 0 spiro atoms. The van der Waals surface area contributed by atoms with Crippen LogP contribution in [-0.4, -0.2) is 108 Å². The standard InChI is InChI=1S/C27H47Cl3N8O7/c28-15-22(40)34-13-6-3-9-20(26(44)37-18(7-1-4-11-31)25(43)35-14-10-21(33)39)38(24(42)17-30)27(45)19(8-2-5-12-32)36-23(41)16-29/h18-20H,1-17,31-32H2,(H2,33,39)(H,34,40)(H,35,43)(H,36,41)(H,37,44)/t18-,19-,20-/m0/s1. The Balaban J connectivity index is 6.37. The van der Waals surface area contributed by atoms with Gasteiger partial charge >= 0.3 is 0 Å². The first-order chi connectivity index (χ1) is 21.5. The minimum Gasteiger partial charge on any atom is -0.370 e. The number of hydrogen-bond donors (Lipinski definition) is 7. The van der Waals surface area contributed by atoms with E-state index < -0.39 is 71.2 Å². The number of alkyl halides is 3. The topological polar surface area (TPSA) is 249 Å². The predicted molar refractivity (Wildman–Crippen MR) is 171 cm³/mol. The summed E-state index contributed by atoms with van der Waals surface area (Å²) < 4.78 is 0. The summed E-state index contributed by atoms with van der Waals surface area (Å²) in [5.41, 5.74) is 16.3. The number of carbonyl (C=O) groups excluding carboxylic acids is 7. The van der Waals surface area contributed by atoms with Crippen LogP contribution in [0.4, 0.5) is 0 Å². The number of halogens is 3. The molecule has 0 saturated heterocycles. The second kappa shape index (κ2) is 25.5. The fraction of sp³-hybridized carbons (Fsp3) is 0.741. The van der Waals surface area contributed by atoms with Gasteiger partial charge in [-0.25, -0.2) is 0 Å². The summed E-state index contributed by atoms with van der Waals surface area (Å²) in [7, 11) is 0. The van der Waals surface area contributed by atoms with Crippen molar-refractivity contribution in [3.8, 4) is 0 Å². The Morgan fingerprint density at radius 3 is 1.73 bits per heavy atom. The molecular weight excluding hydrogens is 655 g/mol. The van der Waals surface area contributed by atoms with Gasteiger partial charge in [-0.05, 0) is 70.9 Å². The highest BCUT2D eigenvalue weighted by Crippen LogP contribution is 2.16. The Labute approximate surface area is 278 Å². The summed E-state index contributed by atoms with van der Waals surface area (Å²) in [6.45, 7) is 0.829. The summed E-state index contributed by atoms with van der Waals surface area (Å²) >= 11 is 17.0. The maximum absolute atomic E-state index is 13.9. The lowest BCUT2D eigenvalue weighted by atomic mass is 10.0. The number of carbonyl (C=O) groups is 7. The molecule has 18 heteroatoms. The molecule has 0 aromatic carbocycles. The highest BCUT2D eigenvalue weighted by molar-refractivity contribution is 6.29. The van der Waals surface area contributed by atoms with Gasteiger partial charge in [-0.1, -0.05) is 0 Å². The summed E-state index contributed by atoms with van der Waals surface area (Å²) in [6.07, 6.45) is 2.68. The SMILES string of the molecule is NCCCC[C@H](NC(=O)[C@H](CCCCNC(=O)CCl)N(C(=O)CCl)C(=O)[C@H](CCCCN)NC(=O)CCl)C(=O)NCCC(N)=O. The molecule has 0 unspecified atom stereocenters. The first kappa shape index (κ1) is 42.3. The molecule has 0 aliphatic rings. The fourth-order valence-corrected chi connectivity index (χ4v) is 4.54. The molecule has 258 valence electrons. The van der Waals surface area contributed by atoms with Crippen LogP contribution in [-0.2, 0) is 33.6 Å². The van der Waals surface area contributed by atoms with E-state index in [0.717, 1.165) is 0 Å². The zero-order valence-corrected chi connectivity index (χ0v) is 27.7. The molecule has 15 nitrogen and oxygen atoms in total. The van der Waals surface area contributed by atoms with Gasteiger partial charge in [-0.2, -0.15) is 0 Å². The van der Waals surface area contributed by atoms with Crippen LogP contribution in [0.3, 0.4) is 0 Å². The van der Waals surface area contributed by atoms with E-state index in [4.69, 9.17) is 52.0 Å². The lowest BCUT2D eigenvalue weighted by Gasteiger charge is -2.33. The van der Waals surface area contributed by atoms with Crippen LogP contribution in [0.5, 0.6) is 0 Å².